The number of hydrogen-bond donors (Lipinski definition) is 1. The summed E-state index contributed by atoms with van der Waals surface area (Å²) >= 11 is 0. The van der Waals surface area contributed by atoms with Gasteiger partial charge in [-0.05, 0) is 45.8 Å². The van der Waals surface area contributed by atoms with Crippen LogP contribution in [-0.4, -0.2) is 50.0 Å². The van der Waals surface area contributed by atoms with E-state index < -0.39 is 15.4 Å². The average Bonchev–Trinajstić information content (AvgIpc) is 3.00. The first-order valence-corrected chi connectivity index (χ1v) is 12.3. The minimum Gasteiger partial charge on any atom is -0.477 e. The van der Waals surface area contributed by atoms with Gasteiger partial charge in [-0.3, -0.25) is 5.10 Å². The van der Waals surface area contributed by atoms with Gasteiger partial charge in [0, 0.05) is 19.2 Å². The lowest BCUT2D eigenvalue weighted by Gasteiger charge is -2.36. The van der Waals surface area contributed by atoms with Gasteiger partial charge in [-0.25, -0.2) is 0 Å². The molecule has 6 nitrogen and oxygen atoms in total. The molecule has 0 bridgehead atoms. The van der Waals surface area contributed by atoms with Crippen molar-refractivity contribution in [3.05, 3.63) is 6.20 Å². The maximum absolute atomic E-state index is 6.18. The third kappa shape index (κ3) is 4.53. The minimum atomic E-state index is -1.70. The van der Waals surface area contributed by atoms with Crippen LogP contribution in [0, 0.1) is 0 Å². The Morgan fingerprint density at radius 3 is 2.23 bits per heavy atom. The van der Waals surface area contributed by atoms with E-state index in [4.69, 9.17) is 18.5 Å². The highest BCUT2D eigenvalue weighted by molar-refractivity contribution is 6.74. The van der Waals surface area contributed by atoms with E-state index in [1.807, 2.05) is 27.7 Å². The maximum atomic E-state index is 6.18. The molecular formula is C18H35BN2O4Si. The Balaban J connectivity index is 1.85. The summed E-state index contributed by atoms with van der Waals surface area (Å²) in [7, 11) is -2.18. The van der Waals surface area contributed by atoms with Crippen LogP contribution in [0.25, 0.3) is 0 Å². The van der Waals surface area contributed by atoms with Crippen LogP contribution < -0.4 is 10.2 Å². The van der Waals surface area contributed by atoms with Crippen LogP contribution >= 0.6 is 0 Å². The van der Waals surface area contributed by atoms with E-state index in [1.165, 1.54) is 0 Å². The summed E-state index contributed by atoms with van der Waals surface area (Å²) in [5, 5.41) is 7.28. The third-order valence-corrected chi connectivity index (χ3v) is 10.5. The molecular weight excluding hydrogens is 347 g/mol. The first kappa shape index (κ1) is 21.5. The molecule has 0 amide bonds. The number of rotatable bonds is 7. The van der Waals surface area contributed by atoms with Gasteiger partial charge in [-0.2, -0.15) is 0 Å². The van der Waals surface area contributed by atoms with E-state index in [-0.39, 0.29) is 16.2 Å². The molecule has 1 fully saturated rings. The first-order valence-electron chi connectivity index (χ1n) is 9.43. The van der Waals surface area contributed by atoms with Crippen molar-refractivity contribution >= 4 is 20.9 Å². The van der Waals surface area contributed by atoms with Crippen molar-refractivity contribution in [1.82, 2.24) is 10.2 Å². The average molecular weight is 382 g/mol. The number of aromatic nitrogens is 2. The molecule has 0 radical (unpaired) electrons. The lowest BCUT2D eigenvalue weighted by Crippen LogP contribution is -2.41. The largest absolute Gasteiger partial charge is 0.502 e. The van der Waals surface area contributed by atoms with Crippen LogP contribution in [0.3, 0.4) is 0 Å². The number of H-pyrrole nitrogens is 1. The Hall–Kier alpha value is -0.828. The number of aromatic amines is 1. The molecule has 8 heteroatoms. The highest BCUT2D eigenvalue weighted by Gasteiger charge is 2.53. The fourth-order valence-electron chi connectivity index (χ4n) is 2.31. The van der Waals surface area contributed by atoms with Gasteiger partial charge in [0.2, 0.25) is 5.88 Å². The molecule has 0 aromatic carbocycles. The summed E-state index contributed by atoms with van der Waals surface area (Å²) in [4.78, 5) is 0. The van der Waals surface area contributed by atoms with Crippen LogP contribution in [-0.2, 0) is 13.7 Å². The van der Waals surface area contributed by atoms with E-state index in [0.717, 1.165) is 11.9 Å². The summed E-state index contributed by atoms with van der Waals surface area (Å²) in [6, 6.07) is 0. The second kappa shape index (κ2) is 7.30. The van der Waals surface area contributed by atoms with Crippen molar-refractivity contribution in [3.8, 4) is 5.88 Å². The Morgan fingerprint density at radius 1 is 1.12 bits per heavy atom. The fourth-order valence-corrected chi connectivity index (χ4v) is 3.40. The second-order valence-electron chi connectivity index (χ2n) is 9.54. The molecule has 0 aliphatic carbocycles. The van der Waals surface area contributed by atoms with E-state index in [2.05, 4.69) is 44.1 Å². The third-order valence-electron chi connectivity index (χ3n) is 5.94. The van der Waals surface area contributed by atoms with Gasteiger partial charge in [0.15, 0.2) is 8.32 Å². The second-order valence-corrected chi connectivity index (χ2v) is 14.4. The Morgan fingerprint density at radius 2 is 1.69 bits per heavy atom. The molecule has 1 aromatic heterocycles. The summed E-state index contributed by atoms with van der Waals surface area (Å²) in [5.74, 6) is 0.538. The first-order chi connectivity index (χ1) is 11.8. The van der Waals surface area contributed by atoms with Gasteiger partial charge in [0.1, 0.15) is 0 Å². The van der Waals surface area contributed by atoms with Crippen LogP contribution in [0.1, 0.15) is 54.9 Å². The molecule has 0 saturated carbocycles. The molecule has 0 spiro atoms. The van der Waals surface area contributed by atoms with Crippen molar-refractivity contribution in [3.63, 3.8) is 0 Å². The van der Waals surface area contributed by atoms with Crippen LogP contribution in [0.4, 0.5) is 0 Å². The number of nitrogens with zero attached hydrogens (tertiary/aromatic N) is 1. The number of nitrogens with one attached hydrogen (secondary N) is 1. The fraction of sp³-hybridized carbons (Fsp3) is 0.833. The van der Waals surface area contributed by atoms with Crippen LogP contribution in [0.15, 0.2) is 6.20 Å². The molecule has 148 valence electrons. The molecule has 1 aromatic rings. The monoisotopic (exact) mass is 382 g/mol. The predicted molar refractivity (Wildman–Crippen MR) is 108 cm³/mol. The van der Waals surface area contributed by atoms with Crippen molar-refractivity contribution in [2.75, 3.05) is 13.2 Å². The Labute approximate surface area is 159 Å². The summed E-state index contributed by atoms with van der Waals surface area (Å²) < 4.78 is 24.2. The maximum Gasteiger partial charge on any atom is 0.502 e. The number of ether oxygens (including phenoxy) is 1. The van der Waals surface area contributed by atoms with Crippen LogP contribution in [0.5, 0.6) is 5.88 Å². The highest BCUT2D eigenvalue weighted by atomic mass is 28.4. The van der Waals surface area contributed by atoms with Gasteiger partial charge in [-0.15, -0.1) is 5.10 Å². The van der Waals surface area contributed by atoms with Crippen molar-refractivity contribution in [2.24, 2.45) is 0 Å². The normalized spacial score (nSPS) is 19.8. The Kier molecular flexibility index (Phi) is 6.03. The molecule has 1 N–H and O–H groups in total. The molecule has 1 saturated heterocycles. The topological polar surface area (TPSA) is 65.6 Å². The van der Waals surface area contributed by atoms with Gasteiger partial charge in [0.25, 0.3) is 0 Å². The molecule has 0 unspecified atom stereocenters. The highest BCUT2D eigenvalue weighted by Crippen LogP contribution is 2.37. The quantitative estimate of drug-likeness (QED) is 0.578. The van der Waals surface area contributed by atoms with E-state index >= 15 is 0 Å². The molecule has 0 atom stereocenters. The summed E-state index contributed by atoms with van der Waals surface area (Å²) in [6.45, 7) is 20.6. The van der Waals surface area contributed by atoms with Crippen molar-refractivity contribution < 1.29 is 18.5 Å². The van der Waals surface area contributed by atoms with Gasteiger partial charge < -0.3 is 18.5 Å². The molecule has 26 heavy (non-hydrogen) atoms. The van der Waals surface area contributed by atoms with E-state index in [0.29, 0.717) is 19.1 Å². The number of hydrogen-bond acceptors (Lipinski definition) is 5. The van der Waals surface area contributed by atoms with E-state index in [1.54, 1.807) is 6.20 Å². The zero-order valence-electron chi connectivity index (χ0n) is 17.9. The van der Waals surface area contributed by atoms with Crippen LogP contribution in [0.2, 0.25) is 18.1 Å². The SMILES string of the molecule is CC1(C)OB(c2c[nH]nc2OCCCO[Si](C)(C)C(C)(C)C)OC1(C)C. The standard InChI is InChI=1S/C18H35BN2O4Si/c1-16(2,3)26(8,9)23-12-10-11-22-15-14(13-20-21-15)19-24-17(4,5)18(6,7)25-19/h13H,10-12H2,1-9H3,(H,20,21). The smallest absolute Gasteiger partial charge is 0.477 e. The van der Waals surface area contributed by atoms with E-state index in [9.17, 15) is 0 Å². The summed E-state index contributed by atoms with van der Waals surface area (Å²) in [6.07, 6.45) is 2.60. The summed E-state index contributed by atoms with van der Waals surface area (Å²) in [5.41, 5.74) is 0.0286. The molecule has 1 aliphatic rings. The molecule has 1 aliphatic heterocycles. The van der Waals surface area contributed by atoms with Gasteiger partial charge in [-0.1, -0.05) is 20.8 Å². The van der Waals surface area contributed by atoms with Gasteiger partial charge >= 0.3 is 7.12 Å². The predicted octanol–water partition coefficient (Wildman–Crippen LogP) is 3.50. The lowest BCUT2D eigenvalue weighted by atomic mass is 9.81. The van der Waals surface area contributed by atoms with Gasteiger partial charge in [0.05, 0.1) is 23.3 Å². The minimum absolute atomic E-state index is 0.222. The van der Waals surface area contributed by atoms with Crippen molar-refractivity contribution in [2.45, 2.75) is 84.2 Å². The zero-order valence-corrected chi connectivity index (χ0v) is 18.9. The van der Waals surface area contributed by atoms with Crippen molar-refractivity contribution in [1.29, 1.82) is 0 Å². The molecule has 2 rings (SSSR count). The lowest BCUT2D eigenvalue weighted by molar-refractivity contribution is 0.00578. The Bertz CT molecular complexity index is 595. The molecule has 2 heterocycles. The zero-order chi connectivity index (χ0) is 19.8.